The van der Waals surface area contributed by atoms with Crippen molar-refractivity contribution in [1.82, 2.24) is 15.3 Å². The smallest absolute Gasteiger partial charge is 0.253 e. The maximum atomic E-state index is 12.4. The molecule has 2 aromatic heterocycles. The van der Waals surface area contributed by atoms with Crippen LogP contribution in [0, 0.1) is 0 Å². The van der Waals surface area contributed by atoms with E-state index >= 15 is 0 Å². The second-order valence-corrected chi connectivity index (χ2v) is 6.01. The van der Waals surface area contributed by atoms with Crippen molar-refractivity contribution in [3.05, 3.63) is 77.9 Å². The fraction of sp³-hybridized carbons (Fsp3) is 0.190. The molecule has 0 bridgehead atoms. The van der Waals surface area contributed by atoms with E-state index in [-0.39, 0.29) is 5.91 Å². The molecule has 0 unspecified atom stereocenters. The Morgan fingerprint density at radius 2 is 1.86 bits per heavy atom. The van der Waals surface area contributed by atoms with Crippen molar-refractivity contribution in [3.63, 3.8) is 0 Å². The van der Waals surface area contributed by atoms with Crippen LogP contribution in [0.2, 0.25) is 0 Å². The number of hydrogen-bond acceptors (Lipinski definition) is 6. The van der Waals surface area contributed by atoms with Crippen LogP contribution in [0.4, 0.5) is 5.69 Å². The summed E-state index contributed by atoms with van der Waals surface area (Å²) in [5.41, 5.74) is 3.04. The van der Waals surface area contributed by atoms with Gasteiger partial charge in [-0.2, -0.15) is 0 Å². The highest BCUT2D eigenvalue weighted by Gasteiger charge is 2.08. The Bertz CT molecular complexity index is 932. The summed E-state index contributed by atoms with van der Waals surface area (Å²) >= 11 is 0. The molecule has 0 radical (unpaired) electrons. The van der Waals surface area contributed by atoms with E-state index in [1.807, 2.05) is 36.4 Å². The van der Waals surface area contributed by atoms with Crippen molar-refractivity contribution < 1.29 is 14.3 Å². The lowest BCUT2D eigenvalue weighted by atomic mass is 10.2. The SMILES string of the molecule is COc1ccc(CNc2cncc(C(=O)NCc3ccccn3)c2)cc1OC. The van der Waals surface area contributed by atoms with Crippen molar-refractivity contribution in [2.45, 2.75) is 13.1 Å². The summed E-state index contributed by atoms with van der Waals surface area (Å²) in [6, 6.07) is 13.1. The van der Waals surface area contributed by atoms with E-state index in [4.69, 9.17) is 9.47 Å². The van der Waals surface area contributed by atoms with Crippen LogP contribution in [-0.2, 0) is 13.1 Å². The van der Waals surface area contributed by atoms with Gasteiger partial charge in [0.05, 0.1) is 37.7 Å². The van der Waals surface area contributed by atoms with Gasteiger partial charge in [0.25, 0.3) is 5.91 Å². The number of benzene rings is 1. The van der Waals surface area contributed by atoms with Crippen LogP contribution < -0.4 is 20.1 Å². The van der Waals surface area contributed by atoms with E-state index < -0.39 is 0 Å². The summed E-state index contributed by atoms with van der Waals surface area (Å²) in [5, 5.41) is 6.11. The van der Waals surface area contributed by atoms with Crippen LogP contribution in [0.15, 0.2) is 61.1 Å². The van der Waals surface area contributed by atoms with Crippen LogP contribution in [0.5, 0.6) is 11.5 Å². The van der Waals surface area contributed by atoms with E-state index in [0.717, 1.165) is 16.9 Å². The Morgan fingerprint density at radius 3 is 2.61 bits per heavy atom. The molecule has 0 saturated carbocycles. The van der Waals surface area contributed by atoms with Gasteiger partial charge in [-0.3, -0.25) is 14.8 Å². The fourth-order valence-corrected chi connectivity index (χ4v) is 2.63. The lowest BCUT2D eigenvalue weighted by Crippen LogP contribution is -2.23. The largest absolute Gasteiger partial charge is 0.493 e. The molecule has 0 aliphatic rings. The zero-order valence-corrected chi connectivity index (χ0v) is 15.8. The number of methoxy groups -OCH3 is 2. The average molecular weight is 378 g/mol. The number of ether oxygens (including phenoxy) is 2. The Kier molecular flexibility index (Phi) is 6.41. The first-order chi connectivity index (χ1) is 13.7. The van der Waals surface area contributed by atoms with E-state index in [9.17, 15) is 4.79 Å². The lowest BCUT2D eigenvalue weighted by Gasteiger charge is -2.11. The highest BCUT2D eigenvalue weighted by molar-refractivity contribution is 5.94. The molecule has 3 rings (SSSR count). The third kappa shape index (κ3) is 4.97. The first-order valence-corrected chi connectivity index (χ1v) is 8.77. The molecule has 0 saturated heterocycles. The predicted octanol–water partition coefficient (Wildman–Crippen LogP) is 3.04. The maximum absolute atomic E-state index is 12.4. The predicted molar refractivity (Wildman–Crippen MR) is 107 cm³/mol. The molecule has 2 heterocycles. The standard InChI is InChI=1S/C21H22N4O3/c1-27-19-7-6-15(9-20(19)28-2)11-24-18-10-16(12-22-13-18)21(26)25-14-17-5-3-4-8-23-17/h3-10,12-13,24H,11,14H2,1-2H3,(H,25,26). The van der Waals surface area contributed by atoms with Crippen molar-refractivity contribution in [2.24, 2.45) is 0 Å². The lowest BCUT2D eigenvalue weighted by molar-refractivity contribution is 0.0950. The van der Waals surface area contributed by atoms with Crippen LogP contribution in [0.25, 0.3) is 0 Å². The number of nitrogens with one attached hydrogen (secondary N) is 2. The van der Waals surface area contributed by atoms with Gasteiger partial charge in [0, 0.05) is 25.1 Å². The molecule has 0 spiro atoms. The van der Waals surface area contributed by atoms with Crippen molar-refractivity contribution in [2.75, 3.05) is 19.5 Å². The minimum absolute atomic E-state index is 0.201. The highest BCUT2D eigenvalue weighted by Crippen LogP contribution is 2.27. The number of pyridine rings is 2. The highest BCUT2D eigenvalue weighted by atomic mass is 16.5. The van der Waals surface area contributed by atoms with Gasteiger partial charge in [0.15, 0.2) is 11.5 Å². The number of aromatic nitrogens is 2. The number of carbonyl (C=O) groups is 1. The quantitative estimate of drug-likeness (QED) is 0.627. The molecule has 0 fully saturated rings. The van der Waals surface area contributed by atoms with Crippen molar-refractivity contribution in [1.29, 1.82) is 0 Å². The fourth-order valence-electron chi connectivity index (χ4n) is 2.63. The number of hydrogen-bond donors (Lipinski definition) is 2. The normalized spacial score (nSPS) is 10.2. The molecule has 7 heteroatoms. The molecule has 3 aromatic rings. The molecular weight excluding hydrogens is 356 g/mol. The van der Waals surface area contributed by atoms with Crippen LogP contribution in [0.1, 0.15) is 21.6 Å². The Hall–Kier alpha value is -3.61. The number of rotatable bonds is 8. The number of amides is 1. The molecule has 0 aliphatic heterocycles. The van der Waals surface area contributed by atoms with Crippen molar-refractivity contribution >= 4 is 11.6 Å². The molecule has 1 aromatic carbocycles. The van der Waals surface area contributed by atoms with Gasteiger partial charge >= 0.3 is 0 Å². The Labute approximate surface area is 163 Å². The molecule has 0 atom stereocenters. The van der Waals surface area contributed by atoms with Gasteiger partial charge in [0.1, 0.15) is 0 Å². The minimum Gasteiger partial charge on any atom is -0.493 e. The van der Waals surface area contributed by atoms with Gasteiger partial charge in [-0.1, -0.05) is 12.1 Å². The first-order valence-electron chi connectivity index (χ1n) is 8.77. The first kappa shape index (κ1) is 19.2. The third-order valence-corrected chi connectivity index (χ3v) is 4.10. The topological polar surface area (TPSA) is 85.4 Å². The van der Waals surface area contributed by atoms with E-state index in [1.165, 1.54) is 6.20 Å². The van der Waals surface area contributed by atoms with Crippen LogP contribution in [-0.4, -0.2) is 30.1 Å². The summed E-state index contributed by atoms with van der Waals surface area (Å²) in [6.45, 7) is 0.921. The zero-order valence-electron chi connectivity index (χ0n) is 15.8. The number of anilines is 1. The molecular formula is C21H22N4O3. The van der Waals surface area contributed by atoms with E-state index in [1.54, 1.807) is 32.7 Å². The molecule has 1 amide bonds. The summed E-state index contributed by atoms with van der Waals surface area (Å²) in [5.74, 6) is 1.15. The molecule has 144 valence electrons. The van der Waals surface area contributed by atoms with Crippen LogP contribution in [0.3, 0.4) is 0 Å². The average Bonchev–Trinajstić information content (AvgIpc) is 2.76. The molecule has 28 heavy (non-hydrogen) atoms. The second kappa shape index (κ2) is 9.36. The van der Waals surface area contributed by atoms with Gasteiger partial charge in [-0.05, 0) is 35.9 Å². The Morgan fingerprint density at radius 1 is 1.00 bits per heavy atom. The van der Waals surface area contributed by atoms with Crippen LogP contribution >= 0.6 is 0 Å². The second-order valence-electron chi connectivity index (χ2n) is 6.01. The van der Waals surface area contributed by atoms with E-state index in [0.29, 0.717) is 30.2 Å². The minimum atomic E-state index is -0.201. The molecule has 2 N–H and O–H groups in total. The number of nitrogens with zero attached hydrogens (tertiary/aromatic N) is 2. The number of carbonyl (C=O) groups excluding carboxylic acids is 1. The summed E-state index contributed by atoms with van der Waals surface area (Å²) in [7, 11) is 3.21. The molecule has 0 aliphatic carbocycles. The zero-order chi connectivity index (χ0) is 19.8. The van der Waals surface area contributed by atoms with Gasteiger partial charge in [-0.15, -0.1) is 0 Å². The van der Waals surface area contributed by atoms with Gasteiger partial charge in [0.2, 0.25) is 0 Å². The van der Waals surface area contributed by atoms with Gasteiger partial charge in [-0.25, -0.2) is 0 Å². The monoisotopic (exact) mass is 378 g/mol. The molecule has 7 nitrogen and oxygen atoms in total. The van der Waals surface area contributed by atoms with Crippen molar-refractivity contribution in [3.8, 4) is 11.5 Å². The maximum Gasteiger partial charge on any atom is 0.253 e. The van der Waals surface area contributed by atoms with Gasteiger partial charge < -0.3 is 20.1 Å². The summed E-state index contributed by atoms with van der Waals surface area (Å²) in [6.07, 6.45) is 4.91. The summed E-state index contributed by atoms with van der Waals surface area (Å²) < 4.78 is 10.6. The van der Waals surface area contributed by atoms with E-state index in [2.05, 4.69) is 20.6 Å². The Balaban J connectivity index is 1.61. The third-order valence-electron chi connectivity index (χ3n) is 4.10. The summed E-state index contributed by atoms with van der Waals surface area (Å²) in [4.78, 5) is 20.7.